The molecule has 1 aliphatic heterocycles. The van der Waals surface area contributed by atoms with Crippen LogP contribution in [0.25, 0.3) is 0 Å². The minimum absolute atomic E-state index is 0. The summed E-state index contributed by atoms with van der Waals surface area (Å²) >= 11 is 0.0766. The summed E-state index contributed by atoms with van der Waals surface area (Å²) in [6, 6.07) is 16.7. The molecule has 3 atom stereocenters. The molecule has 3 unspecified atom stereocenters. The second-order valence-corrected chi connectivity index (χ2v) is 11.5. The van der Waals surface area contributed by atoms with Crippen LogP contribution >= 0.6 is 11.8 Å². The van der Waals surface area contributed by atoms with Crippen molar-refractivity contribution in [2.24, 2.45) is 11.8 Å². The van der Waals surface area contributed by atoms with Gasteiger partial charge < -0.3 is 15.2 Å². The molecular formula is C25H38N2O3S2. The molecule has 1 aliphatic rings. The van der Waals surface area contributed by atoms with Gasteiger partial charge >= 0.3 is 0 Å². The molecule has 0 radical (unpaired) electrons. The Bertz CT molecular complexity index is 864. The first-order valence-electron chi connectivity index (χ1n) is 11.2. The van der Waals surface area contributed by atoms with Crippen molar-refractivity contribution in [3.8, 4) is 0 Å². The van der Waals surface area contributed by atoms with Crippen LogP contribution in [-0.4, -0.2) is 32.5 Å². The van der Waals surface area contributed by atoms with Gasteiger partial charge in [0.2, 0.25) is 5.91 Å². The number of hydrogen-bond acceptors (Lipinski definition) is 4. The van der Waals surface area contributed by atoms with Gasteiger partial charge in [-0.1, -0.05) is 52.3 Å². The van der Waals surface area contributed by atoms with Crippen molar-refractivity contribution in [2.75, 3.05) is 18.4 Å². The first kappa shape index (κ1) is 26.6. The molecule has 2 aromatic carbocycles. The molecule has 178 valence electrons. The molecule has 1 amide bonds. The smallest absolute Gasteiger partial charge is 0.227 e. The van der Waals surface area contributed by atoms with Crippen LogP contribution in [0.1, 0.15) is 48.4 Å². The molecule has 5 nitrogen and oxygen atoms in total. The zero-order valence-corrected chi connectivity index (χ0v) is 21.1. The highest BCUT2D eigenvalue weighted by Gasteiger charge is 2.27. The van der Waals surface area contributed by atoms with Crippen LogP contribution in [0.4, 0.5) is 5.69 Å². The van der Waals surface area contributed by atoms with Crippen molar-refractivity contribution in [3.63, 3.8) is 0 Å². The molecule has 2 aromatic rings. The second-order valence-electron chi connectivity index (χ2n) is 8.76. The first-order valence-corrected chi connectivity index (χ1v) is 13.1. The summed E-state index contributed by atoms with van der Waals surface area (Å²) in [4.78, 5) is 14.1. The summed E-state index contributed by atoms with van der Waals surface area (Å²) in [6.07, 6.45) is 3.32. The Labute approximate surface area is 200 Å². The van der Waals surface area contributed by atoms with Gasteiger partial charge in [0.25, 0.3) is 0 Å². The van der Waals surface area contributed by atoms with E-state index < -0.39 is 11.1 Å². The van der Waals surface area contributed by atoms with E-state index in [1.165, 1.54) is 17.7 Å². The highest BCUT2D eigenvalue weighted by molar-refractivity contribution is 8.00. The van der Waals surface area contributed by atoms with Gasteiger partial charge in [-0.3, -0.25) is 4.79 Å². The molecule has 1 fully saturated rings. The molecule has 0 spiro atoms. The summed E-state index contributed by atoms with van der Waals surface area (Å²) in [6.45, 7) is 10.8. The highest BCUT2D eigenvalue weighted by atomic mass is 32.2. The Hall–Kier alpha value is -1.67. The van der Waals surface area contributed by atoms with E-state index in [9.17, 15) is 9.00 Å². The van der Waals surface area contributed by atoms with Crippen molar-refractivity contribution in [2.45, 2.75) is 61.5 Å². The Morgan fingerprint density at radius 1 is 1.22 bits per heavy atom. The third kappa shape index (κ3) is 9.06. The van der Waals surface area contributed by atoms with Crippen LogP contribution in [-0.2, 0) is 15.9 Å². The monoisotopic (exact) mass is 478 g/mol. The van der Waals surface area contributed by atoms with Crippen LogP contribution in [0.3, 0.4) is 0 Å². The summed E-state index contributed by atoms with van der Waals surface area (Å²) in [7, 11) is 0. The molecule has 1 heterocycles. The third-order valence-electron chi connectivity index (χ3n) is 5.43. The van der Waals surface area contributed by atoms with Crippen LogP contribution in [0.5, 0.6) is 0 Å². The number of nitrogens with one attached hydrogen (secondary N) is 2. The number of anilines is 1. The minimum atomic E-state index is -1.83. The van der Waals surface area contributed by atoms with Gasteiger partial charge in [-0.15, -0.1) is 11.8 Å². The van der Waals surface area contributed by atoms with E-state index in [2.05, 4.69) is 50.5 Å². The maximum atomic E-state index is 12.4. The van der Waals surface area contributed by atoms with Crippen LogP contribution in [0, 0.1) is 11.8 Å². The predicted molar refractivity (Wildman–Crippen MR) is 138 cm³/mol. The molecule has 0 aromatic heterocycles. The summed E-state index contributed by atoms with van der Waals surface area (Å²) < 4.78 is 19.1. The SMILES string of the molecule is CCCC(C)(C)Sc1ccc(NC(=O)C2CCNCC2C)cc1.O=S(O)c1ccccc1.[HH]. The quantitative estimate of drug-likeness (QED) is 0.333. The number of rotatable bonds is 7. The average molecular weight is 479 g/mol. The molecule has 3 rings (SSSR count). The number of amides is 1. The first-order chi connectivity index (χ1) is 15.2. The Kier molecular flexibility index (Phi) is 10.9. The van der Waals surface area contributed by atoms with E-state index in [0.717, 1.165) is 25.2 Å². The fourth-order valence-corrected chi connectivity index (χ4v) is 5.36. The van der Waals surface area contributed by atoms with E-state index >= 15 is 0 Å². The lowest BCUT2D eigenvalue weighted by atomic mass is 9.87. The van der Waals surface area contributed by atoms with Gasteiger partial charge in [-0.25, -0.2) is 4.21 Å². The van der Waals surface area contributed by atoms with Gasteiger partial charge in [0.05, 0.1) is 4.90 Å². The van der Waals surface area contributed by atoms with Crippen LogP contribution < -0.4 is 10.6 Å². The van der Waals surface area contributed by atoms with Crippen molar-refractivity contribution in [3.05, 3.63) is 54.6 Å². The van der Waals surface area contributed by atoms with E-state index in [-0.39, 0.29) is 18.0 Å². The minimum Gasteiger partial charge on any atom is -0.326 e. The normalized spacial score (nSPS) is 19.4. The lowest BCUT2D eigenvalue weighted by Crippen LogP contribution is -2.40. The zero-order valence-electron chi connectivity index (χ0n) is 19.5. The lowest BCUT2D eigenvalue weighted by molar-refractivity contribution is -0.122. The average Bonchev–Trinajstić information content (AvgIpc) is 2.76. The van der Waals surface area contributed by atoms with E-state index in [0.29, 0.717) is 10.8 Å². The highest BCUT2D eigenvalue weighted by Crippen LogP contribution is 2.36. The number of carbonyl (C=O) groups excluding carboxylic acids is 1. The van der Waals surface area contributed by atoms with Gasteiger partial charge in [-0.05, 0) is 68.2 Å². The van der Waals surface area contributed by atoms with E-state index in [4.69, 9.17) is 4.55 Å². The second kappa shape index (κ2) is 13.1. The van der Waals surface area contributed by atoms with E-state index in [1.54, 1.807) is 30.3 Å². The number of piperidine rings is 1. The number of hydrogen-bond donors (Lipinski definition) is 3. The number of benzene rings is 2. The van der Waals surface area contributed by atoms with Crippen molar-refractivity contribution >= 4 is 34.4 Å². The molecule has 3 N–H and O–H groups in total. The largest absolute Gasteiger partial charge is 0.326 e. The Morgan fingerprint density at radius 2 is 1.88 bits per heavy atom. The van der Waals surface area contributed by atoms with Gasteiger partial charge in [0.15, 0.2) is 11.1 Å². The van der Waals surface area contributed by atoms with Crippen molar-refractivity contribution in [1.82, 2.24) is 5.32 Å². The van der Waals surface area contributed by atoms with Gasteiger partial charge in [-0.2, -0.15) is 0 Å². The fraction of sp³-hybridized carbons (Fsp3) is 0.480. The summed E-state index contributed by atoms with van der Waals surface area (Å²) in [5.41, 5.74) is 0.901. The van der Waals surface area contributed by atoms with Gasteiger partial charge in [0.1, 0.15) is 0 Å². The van der Waals surface area contributed by atoms with Gasteiger partial charge in [0, 0.05) is 22.7 Å². The molecule has 32 heavy (non-hydrogen) atoms. The topological polar surface area (TPSA) is 78.4 Å². The van der Waals surface area contributed by atoms with E-state index in [1.807, 2.05) is 23.9 Å². The molecule has 0 aliphatic carbocycles. The molecular weight excluding hydrogens is 440 g/mol. The summed E-state index contributed by atoms with van der Waals surface area (Å²) in [5.74, 6) is 0.674. The zero-order chi connectivity index (χ0) is 23.6. The fourth-order valence-electron chi connectivity index (χ4n) is 3.75. The number of carbonyl (C=O) groups is 1. The molecule has 7 heteroatoms. The number of thioether (sulfide) groups is 1. The van der Waals surface area contributed by atoms with Crippen LogP contribution in [0.15, 0.2) is 64.4 Å². The maximum Gasteiger partial charge on any atom is 0.227 e. The third-order valence-corrected chi connectivity index (χ3v) is 7.37. The van der Waals surface area contributed by atoms with Crippen molar-refractivity contribution in [1.29, 1.82) is 0 Å². The molecule has 0 saturated carbocycles. The predicted octanol–water partition coefficient (Wildman–Crippen LogP) is 6.05. The standard InChI is InChI=1S/C19H30N2OS.C6H6O2S.H2/c1-5-11-19(3,4)23-16-8-6-15(7-9-16)21-18(22)17-10-12-20-13-14(17)2;7-9(8)6-4-2-1-3-5-6;/h6-9,14,17,20H,5,10-13H2,1-4H3,(H,21,22);1-5H,(H,7,8);1H. The molecule has 1 saturated heterocycles. The Balaban J connectivity index is 0.000000458. The van der Waals surface area contributed by atoms with Crippen LogP contribution in [0.2, 0.25) is 0 Å². The maximum absolute atomic E-state index is 12.4. The van der Waals surface area contributed by atoms with Crippen molar-refractivity contribution < 1.29 is 15.0 Å². The Morgan fingerprint density at radius 3 is 2.41 bits per heavy atom. The summed E-state index contributed by atoms with van der Waals surface area (Å²) in [5, 5.41) is 6.42. The lowest BCUT2D eigenvalue weighted by Gasteiger charge is -2.28. The molecule has 0 bridgehead atoms.